The maximum Gasteiger partial charge on any atom is 1.00 e. The number of methoxy groups -OCH3 is 1. The number of ether oxygens (including phenoxy) is 6. The summed E-state index contributed by atoms with van der Waals surface area (Å²) in [6.45, 7) is 5.42. The van der Waals surface area contributed by atoms with Crippen molar-refractivity contribution < 1.29 is 129 Å². The quantitative estimate of drug-likeness (QED) is 0.0128. The second-order valence-corrected chi connectivity index (χ2v) is 28.4. The van der Waals surface area contributed by atoms with Gasteiger partial charge in [-0.15, -0.1) is 57.8 Å². The minimum atomic E-state index is -1.40. The summed E-state index contributed by atoms with van der Waals surface area (Å²) in [5.41, 5.74) is 33.6. The van der Waals surface area contributed by atoms with Gasteiger partial charge in [0.1, 0.15) is 40.0 Å². The number of esters is 6. The summed E-state index contributed by atoms with van der Waals surface area (Å²) in [7, 11) is -0.103. The molecule has 0 spiro atoms. The molecule has 0 bridgehead atoms. The van der Waals surface area contributed by atoms with E-state index >= 15 is 0 Å². The van der Waals surface area contributed by atoms with E-state index < -0.39 is 42.9 Å². The van der Waals surface area contributed by atoms with Crippen molar-refractivity contribution in [2.24, 2.45) is 17.2 Å². The van der Waals surface area contributed by atoms with Crippen LogP contribution in [0.3, 0.4) is 0 Å². The summed E-state index contributed by atoms with van der Waals surface area (Å²) in [6, 6.07) is 35.0. The first-order valence-electron chi connectivity index (χ1n) is 35.4. The maximum absolute atomic E-state index is 12.9. The Morgan fingerprint density at radius 1 is 0.451 bits per heavy atom. The molecule has 15 rings (SSSR count). The summed E-state index contributed by atoms with van der Waals surface area (Å²) in [4.78, 5) is 110. The van der Waals surface area contributed by atoms with Gasteiger partial charge in [-0.25, -0.2) is 39.1 Å². The minimum absolute atomic E-state index is 0. The zero-order valence-electron chi connectivity index (χ0n) is 64.9. The van der Waals surface area contributed by atoms with Crippen LogP contribution in [0, 0.1) is 0 Å². The second kappa shape index (κ2) is 47.3. The van der Waals surface area contributed by atoms with E-state index in [1.54, 1.807) is 107 Å². The average Bonchev–Trinajstić information content (AvgIpc) is 1.56. The third kappa shape index (κ3) is 26.5. The number of nitrogen functional groups attached to an aromatic ring is 1. The first kappa shape index (κ1) is 97.2. The minimum Gasteiger partial charge on any atom is -0.870 e. The number of aromatic carboxylic acids is 1. The number of aromatic nitrogens is 4. The Morgan fingerprint density at radius 3 is 1.19 bits per heavy atom. The topological polar surface area (TPSA) is 511 Å². The molecule has 12 heterocycles. The van der Waals surface area contributed by atoms with Gasteiger partial charge in [0.15, 0.2) is 44.0 Å². The van der Waals surface area contributed by atoms with Crippen LogP contribution in [0.2, 0.25) is 10.3 Å². The molecule has 31 nitrogen and oxygen atoms in total. The van der Waals surface area contributed by atoms with E-state index in [0.717, 1.165) is 38.8 Å². The van der Waals surface area contributed by atoms with Crippen molar-refractivity contribution in [3.05, 3.63) is 261 Å². The van der Waals surface area contributed by atoms with Crippen LogP contribution < -0.4 is 61.5 Å². The van der Waals surface area contributed by atoms with Crippen LogP contribution in [0.15, 0.2) is 207 Å². The smallest absolute Gasteiger partial charge is 0.870 e. The Kier molecular flexibility index (Phi) is 37.7. The molecule has 13 N–H and O–H groups in total. The van der Waals surface area contributed by atoms with Gasteiger partial charge >= 0.3 is 73.7 Å². The van der Waals surface area contributed by atoms with E-state index in [9.17, 15) is 38.4 Å². The van der Waals surface area contributed by atoms with Crippen LogP contribution in [0.4, 0.5) is 5.69 Å². The summed E-state index contributed by atoms with van der Waals surface area (Å²) < 4.78 is 52.0. The van der Waals surface area contributed by atoms with Crippen LogP contribution in [-0.2, 0) is 78.7 Å². The van der Waals surface area contributed by atoms with E-state index in [-0.39, 0.29) is 113 Å². The fraction of sp³-hybridized carbons (Fsp3) is 0.146. The van der Waals surface area contributed by atoms with E-state index in [1.807, 2.05) is 65.4 Å². The molecule has 0 unspecified atom stereocenters. The number of nitrogens with zero attached hydrogens (tertiary/aromatic N) is 4. The largest absolute Gasteiger partial charge is 1.00 e. The number of carboxylic acids is 2. The number of carbonyl (C=O) groups is 8. The van der Waals surface area contributed by atoms with E-state index in [1.165, 1.54) is 83.4 Å². The Morgan fingerprint density at radius 2 is 0.803 bits per heavy atom. The number of hydrogen-bond donors (Lipinski definition) is 8. The van der Waals surface area contributed by atoms with Crippen LogP contribution in [0.5, 0.6) is 17.2 Å². The molecule has 0 saturated heterocycles. The van der Waals surface area contributed by atoms with Crippen molar-refractivity contribution in [2.75, 3.05) is 26.1 Å². The van der Waals surface area contributed by atoms with Gasteiger partial charge in [0.2, 0.25) is 0 Å². The SMILES string of the molecule is CCOC(=O)Cc1cscc1N.CCOC(=O)Cc1cscc1OC(=O)c1cc2ccoc2c(-c2cccc(CN)c2)n1.COC(=O)Cc1cscc1OC(=O)c1cc2ccoc2c(Cl)n1.Cl.NCc1cccc(-c2nc(C(=O)Oc3cscc3CC(=O)O)cc3ccoc23)c1.NCc1cccc(B(O)O)c1.O=C(O)c1cc2ccoc2c(Cl)n1.[Li+].[OH-]. The summed E-state index contributed by atoms with van der Waals surface area (Å²) in [6.07, 6.45) is 6.09. The van der Waals surface area contributed by atoms with Crippen molar-refractivity contribution in [3.63, 3.8) is 0 Å². The molecule has 0 aliphatic heterocycles. The summed E-state index contributed by atoms with van der Waals surface area (Å²) >= 11 is 17.1. The zero-order valence-corrected chi connectivity index (χ0v) is 70.5. The molecule has 0 saturated carbocycles. The van der Waals surface area contributed by atoms with Crippen LogP contribution in [-0.4, -0.2) is 121 Å². The Labute approximate surface area is 738 Å². The van der Waals surface area contributed by atoms with Gasteiger partial charge in [-0.3, -0.25) is 19.2 Å². The Hall–Kier alpha value is -11.9. The van der Waals surface area contributed by atoms with E-state index in [0.29, 0.717) is 122 Å². The number of hydrogen-bond acceptors (Lipinski definition) is 33. The molecule has 0 radical (unpaired) electrons. The number of nitrogens with two attached hydrogens (primary N) is 4. The Bertz CT molecular complexity index is 6100. The number of halogens is 3. The fourth-order valence-corrected chi connectivity index (χ4v) is 14.4. The number of anilines is 1. The van der Waals surface area contributed by atoms with Crippen molar-refractivity contribution in [2.45, 2.75) is 59.2 Å². The molecule has 0 atom stereocenters. The molecule has 15 aromatic rings. The zero-order chi connectivity index (χ0) is 85.2. The van der Waals surface area contributed by atoms with Crippen molar-refractivity contribution >= 4 is 191 Å². The van der Waals surface area contributed by atoms with Gasteiger partial charge in [0.25, 0.3) is 0 Å². The first-order chi connectivity index (χ1) is 57.4. The predicted octanol–water partition coefficient (Wildman–Crippen LogP) is 11.4. The average molecular weight is 1790 g/mol. The number of benzene rings is 3. The van der Waals surface area contributed by atoms with Gasteiger partial charge in [0, 0.05) is 96.2 Å². The summed E-state index contributed by atoms with van der Waals surface area (Å²) in [5, 5.41) is 51.7. The van der Waals surface area contributed by atoms with Gasteiger partial charge in [-0.2, -0.15) is 0 Å². The predicted molar refractivity (Wildman–Crippen MR) is 457 cm³/mol. The molecule has 0 fully saturated rings. The third-order valence-electron chi connectivity index (χ3n) is 16.5. The number of aliphatic carboxylic acids is 1. The number of carbonyl (C=O) groups excluding carboxylic acids is 6. The maximum atomic E-state index is 12.9. The molecular formula is C82H73BCl3LiN8O23S4. The fourth-order valence-electron chi connectivity index (χ4n) is 10.9. The second-order valence-electron chi connectivity index (χ2n) is 24.7. The Balaban J connectivity index is 0.000000209. The molecule has 628 valence electrons. The normalized spacial score (nSPS) is 10.3. The molecule has 12 aromatic heterocycles. The molecule has 3 aromatic carbocycles. The molecule has 40 heteroatoms. The van der Waals surface area contributed by atoms with Crippen molar-refractivity contribution in [1.29, 1.82) is 0 Å². The van der Waals surface area contributed by atoms with Crippen LogP contribution in [0.25, 0.3) is 66.4 Å². The van der Waals surface area contributed by atoms with Crippen molar-refractivity contribution in [3.8, 4) is 39.8 Å². The first-order valence-corrected chi connectivity index (χ1v) is 39.9. The standard InChI is InChI=1S/C23H20N2O5S.C21H16N2O5S.C15H10ClNO5S.C8H4ClNO3.C8H11NO2S.C7H10BNO2.ClH.Li.H2O/c1-2-28-20(26)10-17-12-31-13-19(17)30-23(27)18-9-16-6-7-29-22(16)21(25-18)15-5-3-4-14(8-15)11-24;22-9-12-2-1-3-13(6-12)19-20-14(4-5-27-20)7-16(23-19)21(26)28-17-11-29-10-15(17)8-18(24)25;1-20-12(18)5-9-6-23-7-11(9)22-15(19)10-4-8-2-3-21-13(8)14(16)17-10;9-7-6-4(1-2-13-6)3-5(10-7)8(11)12;1-2-11-8(10)3-6-4-12-5-7(6)9;9-5-6-2-1-3-7(4-6)8(10)11;;;/h3-9,12-13H,2,10-11,24H2,1H3;1-7,10-11H,8-9,22H2,(H,24,25);2-4,6-7H,5H2,1H3;1-3H,(H,11,12);4-5H,2-3,9H2,1H3;1-4,10-11H,5,9H2;1H;;1H2/q;;;;;;;+1;/p-1. The molecule has 0 aliphatic carbocycles. The van der Waals surface area contributed by atoms with Gasteiger partial charge in [-0.1, -0.05) is 83.9 Å². The van der Waals surface area contributed by atoms with Crippen LogP contribution >= 0.6 is 81.0 Å². The number of carboxylic acid groups (broad SMARTS) is 2. The van der Waals surface area contributed by atoms with Gasteiger partial charge in [-0.05, 0) is 124 Å². The van der Waals surface area contributed by atoms with Crippen LogP contribution in [0.1, 0.15) is 94.7 Å². The van der Waals surface area contributed by atoms with E-state index in [4.69, 9.17) is 108 Å². The van der Waals surface area contributed by atoms with Crippen molar-refractivity contribution in [1.82, 2.24) is 19.9 Å². The number of fused-ring (bicyclic) bond motifs is 4. The van der Waals surface area contributed by atoms with Gasteiger partial charge in [0.05, 0.1) is 71.1 Å². The number of rotatable bonds is 23. The molecule has 0 aliphatic rings. The number of furan rings is 4. The summed E-state index contributed by atoms with van der Waals surface area (Å²) in [5.74, 6) is -4.23. The molecule has 0 amide bonds. The number of pyridine rings is 4. The van der Waals surface area contributed by atoms with Gasteiger partial charge < -0.3 is 94.8 Å². The molecule has 122 heavy (non-hydrogen) atoms. The van der Waals surface area contributed by atoms with E-state index in [2.05, 4.69) is 24.7 Å². The number of thiophene rings is 4. The molecular weight excluding hydrogens is 1720 g/mol. The third-order valence-corrected chi connectivity index (χ3v) is 20.2. The monoisotopic (exact) mass is 1790 g/mol.